The van der Waals surface area contributed by atoms with Gasteiger partial charge in [-0.2, -0.15) is 0 Å². The van der Waals surface area contributed by atoms with E-state index in [0.717, 1.165) is 13.0 Å². The fraction of sp³-hybridized carbons (Fsp3) is 0.400. The first kappa shape index (κ1) is 10.8. The van der Waals surface area contributed by atoms with Crippen LogP contribution in [0, 0.1) is 0 Å². The van der Waals surface area contributed by atoms with Crippen molar-refractivity contribution < 1.29 is 4.79 Å². The molecule has 76 valence electrons. The average molecular weight is 193 g/mol. The summed E-state index contributed by atoms with van der Waals surface area (Å²) in [6, 6.07) is 3.93. The molecule has 0 bridgehead atoms. The van der Waals surface area contributed by atoms with Crippen molar-refractivity contribution >= 4 is 5.78 Å². The molecule has 0 amide bonds. The van der Waals surface area contributed by atoms with Crippen LogP contribution >= 0.6 is 0 Å². The number of aromatic nitrogens is 1. The smallest absolute Gasteiger partial charge is 0.160 e. The van der Waals surface area contributed by atoms with Crippen molar-refractivity contribution in [2.75, 3.05) is 19.6 Å². The predicted molar refractivity (Wildman–Crippen MR) is 54.9 cm³/mol. The highest BCUT2D eigenvalue weighted by molar-refractivity contribution is 5.82. The quantitative estimate of drug-likeness (QED) is 0.611. The van der Waals surface area contributed by atoms with Crippen molar-refractivity contribution in [2.45, 2.75) is 6.42 Å². The molecule has 0 aliphatic rings. The number of ketones is 1. The maximum Gasteiger partial charge on any atom is 0.160 e. The molecule has 1 heterocycles. The van der Waals surface area contributed by atoms with Crippen LogP contribution in [-0.2, 0) is 11.2 Å². The summed E-state index contributed by atoms with van der Waals surface area (Å²) in [6.07, 6.45) is 4.43. The molecule has 0 aliphatic heterocycles. The summed E-state index contributed by atoms with van der Waals surface area (Å²) < 4.78 is 0. The zero-order chi connectivity index (χ0) is 10.2. The third-order valence-corrected chi connectivity index (χ3v) is 1.89. The molecule has 1 aromatic rings. The first-order chi connectivity index (χ1) is 6.83. The Bertz CT molecular complexity index is 274. The van der Waals surface area contributed by atoms with Crippen LogP contribution in [0.4, 0.5) is 0 Å². The third-order valence-electron chi connectivity index (χ3n) is 1.89. The third kappa shape index (κ3) is 4.11. The van der Waals surface area contributed by atoms with Gasteiger partial charge in [0.1, 0.15) is 0 Å². The molecule has 0 unspecified atom stereocenters. The molecule has 0 spiro atoms. The van der Waals surface area contributed by atoms with Crippen LogP contribution in [0.2, 0.25) is 0 Å². The Morgan fingerprint density at radius 3 is 2.79 bits per heavy atom. The number of hydrogen-bond donors (Lipinski definition) is 2. The Labute approximate surface area is 83.5 Å². The van der Waals surface area contributed by atoms with Gasteiger partial charge in [0.2, 0.25) is 0 Å². The number of pyridine rings is 1. The molecule has 0 aliphatic carbocycles. The van der Waals surface area contributed by atoms with Crippen molar-refractivity contribution in [1.29, 1.82) is 0 Å². The highest BCUT2D eigenvalue weighted by Crippen LogP contribution is 1.95. The lowest BCUT2D eigenvalue weighted by Gasteiger charge is -2.02. The molecule has 0 saturated carbocycles. The minimum absolute atomic E-state index is 0.0414. The van der Waals surface area contributed by atoms with Gasteiger partial charge in [-0.3, -0.25) is 9.78 Å². The number of rotatable bonds is 6. The number of carbonyl (C=O) groups is 1. The maximum absolute atomic E-state index is 10.8. The summed E-state index contributed by atoms with van der Waals surface area (Å²) in [5.74, 6) is 0.0414. The van der Waals surface area contributed by atoms with E-state index in [9.17, 15) is 4.79 Å². The van der Waals surface area contributed by atoms with Gasteiger partial charge in [-0.05, 0) is 30.7 Å². The lowest BCUT2D eigenvalue weighted by atomic mass is 10.2. The molecule has 0 fully saturated rings. The van der Waals surface area contributed by atoms with Gasteiger partial charge in [0, 0.05) is 12.4 Å². The number of carbonyl (C=O) groups excluding carboxylic acids is 1. The van der Waals surface area contributed by atoms with Gasteiger partial charge < -0.3 is 11.1 Å². The zero-order valence-corrected chi connectivity index (χ0v) is 8.07. The fourth-order valence-electron chi connectivity index (χ4n) is 1.08. The van der Waals surface area contributed by atoms with E-state index in [1.165, 1.54) is 5.56 Å². The highest BCUT2D eigenvalue weighted by Gasteiger charge is 1.96. The van der Waals surface area contributed by atoms with Crippen molar-refractivity contribution in [1.82, 2.24) is 10.3 Å². The molecular weight excluding hydrogens is 178 g/mol. The number of Topliss-reactive ketones (excluding diaryl/α,β-unsaturated/α-hetero) is 1. The van der Waals surface area contributed by atoms with Crippen molar-refractivity contribution in [3.05, 3.63) is 30.1 Å². The number of nitrogens with two attached hydrogens (primary N) is 1. The minimum atomic E-state index is 0.0414. The van der Waals surface area contributed by atoms with E-state index in [1.807, 2.05) is 12.1 Å². The molecule has 3 N–H and O–H groups in total. The summed E-state index contributed by atoms with van der Waals surface area (Å²) in [5, 5.41) is 3.03. The van der Waals surface area contributed by atoms with E-state index in [2.05, 4.69) is 10.3 Å². The first-order valence-electron chi connectivity index (χ1n) is 4.64. The highest BCUT2D eigenvalue weighted by atomic mass is 16.1. The second-order valence-corrected chi connectivity index (χ2v) is 3.03. The molecule has 4 nitrogen and oxygen atoms in total. The molecule has 0 radical (unpaired) electrons. The van der Waals surface area contributed by atoms with Crippen LogP contribution in [0.15, 0.2) is 24.5 Å². The second-order valence-electron chi connectivity index (χ2n) is 3.03. The Kier molecular flexibility index (Phi) is 4.82. The summed E-state index contributed by atoms with van der Waals surface area (Å²) in [7, 11) is 0. The van der Waals surface area contributed by atoms with Crippen LogP contribution in [0.5, 0.6) is 0 Å². The first-order valence-corrected chi connectivity index (χ1v) is 4.64. The Hall–Kier alpha value is -1.26. The lowest BCUT2D eigenvalue weighted by Crippen LogP contribution is -2.29. The largest absolute Gasteiger partial charge is 0.324 e. The zero-order valence-electron chi connectivity index (χ0n) is 8.07. The van der Waals surface area contributed by atoms with Gasteiger partial charge in [0.25, 0.3) is 0 Å². The Morgan fingerprint density at radius 1 is 1.43 bits per heavy atom. The lowest BCUT2D eigenvalue weighted by molar-refractivity contribution is -0.116. The van der Waals surface area contributed by atoms with Crippen LogP contribution < -0.4 is 11.1 Å². The molecule has 14 heavy (non-hydrogen) atoms. The van der Waals surface area contributed by atoms with Gasteiger partial charge in [0.15, 0.2) is 5.78 Å². The Morgan fingerprint density at radius 2 is 2.14 bits per heavy atom. The normalized spacial score (nSPS) is 10.1. The summed E-state index contributed by atoms with van der Waals surface area (Å²) >= 11 is 0. The van der Waals surface area contributed by atoms with Gasteiger partial charge in [-0.15, -0.1) is 0 Å². The summed E-state index contributed by atoms with van der Waals surface area (Å²) in [5.41, 5.74) is 6.38. The molecule has 0 atom stereocenters. The summed E-state index contributed by atoms with van der Waals surface area (Å²) in [6.45, 7) is 1.26. The van der Waals surface area contributed by atoms with Gasteiger partial charge in [-0.25, -0.2) is 0 Å². The van der Waals surface area contributed by atoms with Gasteiger partial charge >= 0.3 is 0 Å². The molecule has 0 aromatic carbocycles. The van der Waals surface area contributed by atoms with Crippen LogP contribution in [0.1, 0.15) is 5.56 Å². The SMILES string of the molecule is NCC(=O)CNCCc1ccncc1. The van der Waals surface area contributed by atoms with E-state index < -0.39 is 0 Å². The van der Waals surface area contributed by atoms with Crippen molar-refractivity contribution in [3.63, 3.8) is 0 Å². The molecule has 4 heteroatoms. The van der Waals surface area contributed by atoms with Crippen LogP contribution in [-0.4, -0.2) is 30.4 Å². The van der Waals surface area contributed by atoms with E-state index in [1.54, 1.807) is 12.4 Å². The second kappa shape index (κ2) is 6.23. The van der Waals surface area contributed by atoms with Crippen molar-refractivity contribution in [2.24, 2.45) is 5.73 Å². The molecule has 0 saturated heterocycles. The monoisotopic (exact) mass is 193 g/mol. The van der Waals surface area contributed by atoms with E-state index in [0.29, 0.717) is 6.54 Å². The predicted octanol–water partition coefficient (Wildman–Crippen LogP) is -0.258. The maximum atomic E-state index is 10.8. The molecular formula is C10H15N3O. The fourth-order valence-corrected chi connectivity index (χ4v) is 1.08. The number of hydrogen-bond acceptors (Lipinski definition) is 4. The number of nitrogens with one attached hydrogen (secondary N) is 1. The van der Waals surface area contributed by atoms with E-state index in [-0.39, 0.29) is 12.3 Å². The van der Waals surface area contributed by atoms with Gasteiger partial charge in [0.05, 0.1) is 13.1 Å². The summed E-state index contributed by atoms with van der Waals surface area (Å²) in [4.78, 5) is 14.7. The Balaban J connectivity index is 2.13. The van der Waals surface area contributed by atoms with Crippen molar-refractivity contribution in [3.8, 4) is 0 Å². The number of nitrogens with zero attached hydrogens (tertiary/aromatic N) is 1. The van der Waals surface area contributed by atoms with E-state index >= 15 is 0 Å². The van der Waals surface area contributed by atoms with E-state index in [4.69, 9.17) is 5.73 Å². The standard InChI is InChI=1S/C10H15N3O/c11-7-10(14)8-13-6-3-9-1-4-12-5-2-9/h1-2,4-5,13H,3,6-8,11H2. The molecule has 1 aromatic heterocycles. The topological polar surface area (TPSA) is 68.0 Å². The minimum Gasteiger partial charge on any atom is -0.324 e. The molecule has 1 rings (SSSR count). The average Bonchev–Trinajstić information content (AvgIpc) is 2.25. The van der Waals surface area contributed by atoms with Crippen LogP contribution in [0.25, 0.3) is 0 Å². The van der Waals surface area contributed by atoms with Crippen LogP contribution in [0.3, 0.4) is 0 Å². The van der Waals surface area contributed by atoms with Gasteiger partial charge in [-0.1, -0.05) is 0 Å².